The van der Waals surface area contributed by atoms with Gasteiger partial charge in [0.1, 0.15) is 5.69 Å². The molecule has 0 amide bonds. The predicted octanol–water partition coefficient (Wildman–Crippen LogP) is 2.03. The molecule has 1 rings (SSSR count). The number of anilines is 1. The van der Waals surface area contributed by atoms with Crippen molar-refractivity contribution in [3.63, 3.8) is 0 Å². The molecule has 0 spiro atoms. The standard InChI is InChI=1S/C12H13N3O4/c1-8(5-6-13)14(2)11-7-9(12(16)17)3-4-10(11)15(18)19/h3-4,7-8H,5H2,1-2H3,(H,16,17). The van der Waals surface area contributed by atoms with Crippen molar-refractivity contribution in [2.24, 2.45) is 0 Å². The van der Waals surface area contributed by atoms with Crippen molar-refractivity contribution >= 4 is 17.3 Å². The molecular formula is C12H13N3O4. The first-order valence-electron chi connectivity index (χ1n) is 5.50. The van der Waals surface area contributed by atoms with E-state index in [1.165, 1.54) is 17.0 Å². The van der Waals surface area contributed by atoms with Gasteiger partial charge in [-0.25, -0.2) is 4.79 Å². The molecule has 0 aliphatic carbocycles. The summed E-state index contributed by atoms with van der Waals surface area (Å²) in [6.45, 7) is 1.74. The van der Waals surface area contributed by atoms with Crippen LogP contribution in [0.2, 0.25) is 0 Å². The van der Waals surface area contributed by atoms with Gasteiger partial charge in [-0.05, 0) is 19.1 Å². The van der Waals surface area contributed by atoms with E-state index in [1.54, 1.807) is 14.0 Å². The maximum Gasteiger partial charge on any atom is 0.335 e. The molecule has 1 unspecified atom stereocenters. The summed E-state index contributed by atoms with van der Waals surface area (Å²) in [6.07, 6.45) is 0.185. The van der Waals surface area contributed by atoms with Crippen LogP contribution in [0.1, 0.15) is 23.7 Å². The highest BCUT2D eigenvalue weighted by atomic mass is 16.6. The van der Waals surface area contributed by atoms with Crippen molar-refractivity contribution < 1.29 is 14.8 Å². The predicted molar refractivity (Wildman–Crippen MR) is 68.2 cm³/mol. The van der Waals surface area contributed by atoms with Crippen LogP contribution in [0.3, 0.4) is 0 Å². The molecule has 1 N–H and O–H groups in total. The van der Waals surface area contributed by atoms with Crippen molar-refractivity contribution in [3.8, 4) is 6.07 Å². The van der Waals surface area contributed by atoms with Gasteiger partial charge in [0.25, 0.3) is 5.69 Å². The summed E-state index contributed by atoms with van der Waals surface area (Å²) in [7, 11) is 1.59. The van der Waals surface area contributed by atoms with Crippen LogP contribution in [0.4, 0.5) is 11.4 Å². The van der Waals surface area contributed by atoms with Crippen LogP contribution < -0.4 is 4.90 Å². The molecule has 0 radical (unpaired) electrons. The number of nitro benzene ring substituents is 1. The van der Waals surface area contributed by atoms with E-state index in [1.807, 2.05) is 6.07 Å². The highest BCUT2D eigenvalue weighted by molar-refractivity contribution is 5.90. The Bertz CT molecular complexity index is 550. The third kappa shape index (κ3) is 3.19. The van der Waals surface area contributed by atoms with Crippen molar-refractivity contribution in [1.29, 1.82) is 5.26 Å². The van der Waals surface area contributed by atoms with E-state index < -0.39 is 10.9 Å². The van der Waals surface area contributed by atoms with E-state index in [0.29, 0.717) is 0 Å². The summed E-state index contributed by atoms with van der Waals surface area (Å²) in [4.78, 5) is 22.8. The molecule has 0 aliphatic heterocycles. The summed E-state index contributed by atoms with van der Waals surface area (Å²) in [5.41, 5.74) is -0.0263. The minimum atomic E-state index is -1.16. The minimum absolute atomic E-state index is 0.0309. The number of rotatable bonds is 5. The summed E-state index contributed by atoms with van der Waals surface area (Å²) in [6, 6.07) is 5.31. The molecule has 7 heteroatoms. The van der Waals surface area contributed by atoms with Gasteiger partial charge in [0, 0.05) is 19.2 Å². The van der Waals surface area contributed by atoms with Crippen molar-refractivity contribution in [1.82, 2.24) is 0 Å². The molecule has 1 aromatic rings. The van der Waals surface area contributed by atoms with E-state index in [9.17, 15) is 14.9 Å². The number of carboxylic acid groups (broad SMARTS) is 1. The van der Waals surface area contributed by atoms with E-state index in [4.69, 9.17) is 10.4 Å². The second-order valence-corrected chi connectivity index (χ2v) is 4.09. The molecule has 0 saturated heterocycles. The Hall–Kier alpha value is -2.62. The van der Waals surface area contributed by atoms with Crippen LogP contribution in [0.25, 0.3) is 0 Å². The Morgan fingerprint density at radius 1 is 1.63 bits per heavy atom. The molecule has 0 heterocycles. The zero-order valence-corrected chi connectivity index (χ0v) is 10.5. The molecule has 100 valence electrons. The second-order valence-electron chi connectivity index (χ2n) is 4.09. The average molecular weight is 263 g/mol. The van der Waals surface area contributed by atoms with Crippen LogP contribution in [0.15, 0.2) is 18.2 Å². The normalized spacial score (nSPS) is 11.4. The molecule has 0 aliphatic rings. The smallest absolute Gasteiger partial charge is 0.335 e. The Labute approximate surface area is 109 Å². The van der Waals surface area contributed by atoms with Gasteiger partial charge in [-0.3, -0.25) is 10.1 Å². The first kappa shape index (κ1) is 14.4. The zero-order valence-electron chi connectivity index (χ0n) is 10.5. The minimum Gasteiger partial charge on any atom is -0.478 e. The Morgan fingerprint density at radius 2 is 2.26 bits per heavy atom. The van der Waals surface area contributed by atoms with Gasteiger partial charge in [-0.1, -0.05) is 0 Å². The maximum atomic E-state index is 11.0. The van der Waals surface area contributed by atoms with Gasteiger partial charge in [0.05, 0.1) is 23.0 Å². The highest BCUT2D eigenvalue weighted by Gasteiger charge is 2.22. The molecule has 0 aromatic heterocycles. The van der Waals surface area contributed by atoms with Crippen LogP contribution in [-0.4, -0.2) is 29.1 Å². The van der Waals surface area contributed by atoms with Crippen LogP contribution in [-0.2, 0) is 0 Å². The van der Waals surface area contributed by atoms with Crippen LogP contribution in [0.5, 0.6) is 0 Å². The van der Waals surface area contributed by atoms with Gasteiger partial charge < -0.3 is 10.0 Å². The van der Waals surface area contributed by atoms with Crippen molar-refractivity contribution in [2.75, 3.05) is 11.9 Å². The Morgan fingerprint density at radius 3 is 2.74 bits per heavy atom. The van der Waals surface area contributed by atoms with Gasteiger partial charge in [0.15, 0.2) is 0 Å². The third-order valence-electron chi connectivity index (χ3n) is 2.85. The fraction of sp³-hybridized carbons (Fsp3) is 0.333. The number of aromatic carboxylic acids is 1. The summed E-state index contributed by atoms with van der Waals surface area (Å²) in [5, 5.41) is 28.5. The fourth-order valence-corrected chi connectivity index (χ4v) is 1.60. The third-order valence-corrected chi connectivity index (χ3v) is 2.85. The molecule has 1 aromatic carbocycles. The molecule has 0 fully saturated rings. The summed E-state index contributed by atoms with van der Waals surface area (Å²) in [5.74, 6) is -1.16. The number of carboxylic acids is 1. The number of carbonyl (C=O) groups is 1. The lowest BCUT2D eigenvalue weighted by atomic mass is 10.1. The first-order chi connectivity index (χ1) is 8.88. The second kappa shape index (κ2) is 5.82. The molecule has 0 saturated carbocycles. The first-order valence-corrected chi connectivity index (χ1v) is 5.50. The topological polar surface area (TPSA) is 107 Å². The van der Waals surface area contributed by atoms with E-state index >= 15 is 0 Å². The lowest BCUT2D eigenvalue weighted by Crippen LogP contribution is -2.29. The lowest BCUT2D eigenvalue weighted by Gasteiger charge is -2.25. The number of hydrogen-bond donors (Lipinski definition) is 1. The summed E-state index contributed by atoms with van der Waals surface area (Å²) < 4.78 is 0. The van der Waals surface area contributed by atoms with Gasteiger partial charge in [0.2, 0.25) is 0 Å². The van der Waals surface area contributed by atoms with Crippen LogP contribution in [0, 0.1) is 21.4 Å². The number of nitro groups is 1. The monoisotopic (exact) mass is 263 g/mol. The van der Waals surface area contributed by atoms with Crippen molar-refractivity contribution in [2.45, 2.75) is 19.4 Å². The van der Waals surface area contributed by atoms with Gasteiger partial charge in [-0.2, -0.15) is 5.26 Å². The zero-order chi connectivity index (χ0) is 14.6. The molecule has 7 nitrogen and oxygen atoms in total. The van der Waals surface area contributed by atoms with E-state index in [2.05, 4.69) is 0 Å². The SMILES string of the molecule is CC(CC#N)N(C)c1cc(C(=O)O)ccc1[N+](=O)[O-]. The number of nitrogens with zero attached hydrogens (tertiary/aromatic N) is 3. The average Bonchev–Trinajstić information content (AvgIpc) is 2.37. The number of hydrogen-bond acceptors (Lipinski definition) is 5. The largest absolute Gasteiger partial charge is 0.478 e. The quantitative estimate of drug-likeness (QED) is 0.643. The number of benzene rings is 1. The van der Waals surface area contributed by atoms with E-state index in [-0.39, 0.29) is 29.4 Å². The summed E-state index contributed by atoms with van der Waals surface area (Å²) >= 11 is 0. The maximum absolute atomic E-state index is 11.0. The van der Waals surface area contributed by atoms with Gasteiger partial charge in [-0.15, -0.1) is 0 Å². The Kier molecular flexibility index (Phi) is 4.42. The molecule has 0 bridgehead atoms. The van der Waals surface area contributed by atoms with E-state index in [0.717, 1.165) is 6.07 Å². The van der Waals surface area contributed by atoms with Crippen molar-refractivity contribution in [3.05, 3.63) is 33.9 Å². The van der Waals surface area contributed by atoms with Gasteiger partial charge >= 0.3 is 5.97 Å². The number of nitriles is 1. The Balaban J connectivity index is 3.28. The highest BCUT2D eigenvalue weighted by Crippen LogP contribution is 2.30. The molecular weight excluding hydrogens is 250 g/mol. The molecule has 19 heavy (non-hydrogen) atoms. The lowest BCUT2D eigenvalue weighted by molar-refractivity contribution is -0.384. The van der Waals surface area contributed by atoms with Crippen LogP contribution >= 0.6 is 0 Å². The molecule has 1 atom stereocenters. The fourth-order valence-electron chi connectivity index (χ4n) is 1.60.